The molecular formula is C44H81NO9P+. The molecule has 0 spiro atoms. The smallest absolute Gasteiger partial charge is 0.462 e. The van der Waals surface area contributed by atoms with Crippen LogP contribution < -0.4 is 0 Å². The molecule has 4 atom stereocenters. The van der Waals surface area contributed by atoms with Crippen LogP contribution in [0.2, 0.25) is 0 Å². The third kappa shape index (κ3) is 34.0. The highest BCUT2D eigenvalue weighted by molar-refractivity contribution is 7.47. The van der Waals surface area contributed by atoms with E-state index in [1.165, 1.54) is 44.9 Å². The Labute approximate surface area is 336 Å². The van der Waals surface area contributed by atoms with Crippen LogP contribution in [0.25, 0.3) is 0 Å². The number of esters is 2. The third-order valence-corrected chi connectivity index (χ3v) is 10.6. The van der Waals surface area contributed by atoms with Gasteiger partial charge in [-0.1, -0.05) is 121 Å². The molecule has 10 nitrogen and oxygen atoms in total. The van der Waals surface area contributed by atoms with Crippen LogP contribution in [0, 0.1) is 0 Å². The zero-order valence-corrected chi connectivity index (χ0v) is 36.5. The summed E-state index contributed by atoms with van der Waals surface area (Å²) in [5.41, 5.74) is 0. The monoisotopic (exact) mass is 799 g/mol. The van der Waals surface area contributed by atoms with Gasteiger partial charge in [-0.3, -0.25) is 18.6 Å². The maximum Gasteiger partial charge on any atom is 0.472 e. The molecule has 0 radical (unpaired) electrons. The molecule has 1 aliphatic rings. The van der Waals surface area contributed by atoms with E-state index in [0.717, 1.165) is 89.9 Å². The predicted molar refractivity (Wildman–Crippen MR) is 224 cm³/mol. The highest BCUT2D eigenvalue weighted by Gasteiger charge is 2.36. The summed E-state index contributed by atoms with van der Waals surface area (Å²) in [4.78, 5) is 35.4. The van der Waals surface area contributed by atoms with Crippen molar-refractivity contribution in [2.45, 2.75) is 186 Å². The molecule has 0 bridgehead atoms. The number of phosphoric acid groups is 1. The quantitative estimate of drug-likeness (QED) is 0.0162. The zero-order chi connectivity index (χ0) is 40.5. The van der Waals surface area contributed by atoms with E-state index in [2.05, 4.69) is 50.3 Å². The number of carbonyl (C=O) groups is 2. The van der Waals surface area contributed by atoms with Gasteiger partial charge in [-0.25, -0.2) is 4.57 Å². The Hall–Kier alpha value is -1.81. The largest absolute Gasteiger partial charge is 0.472 e. The van der Waals surface area contributed by atoms with Crippen LogP contribution in [0.5, 0.6) is 0 Å². The van der Waals surface area contributed by atoms with E-state index in [9.17, 15) is 19.0 Å². The lowest BCUT2D eigenvalue weighted by Gasteiger charge is -2.24. The van der Waals surface area contributed by atoms with Crippen molar-refractivity contribution in [2.24, 2.45) is 0 Å². The molecule has 0 saturated carbocycles. The first-order chi connectivity index (χ1) is 26.5. The number of rotatable bonds is 38. The van der Waals surface area contributed by atoms with Gasteiger partial charge in [0.25, 0.3) is 0 Å². The van der Waals surface area contributed by atoms with Gasteiger partial charge in [0.2, 0.25) is 0 Å². The average molecular weight is 799 g/mol. The highest BCUT2D eigenvalue weighted by atomic mass is 31.2. The molecule has 0 aromatic rings. The Kier molecular flexibility index (Phi) is 30.9. The van der Waals surface area contributed by atoms with Gasteiger partial charge in [-0.15, -0.1) is 0 Å². The summed E-state index contributed by atoms with van der Waals surface area (Å²) in [5.74, 6) is -0.839. The number of epoxide rings is 1. The molecule has 1 N–H and O–H groups in total. The van der Waals surface area contributed by atoms with Gasteiger partial charge in [-0.2, -0.15) is 0 Å². The van der Waals surface area contributed by atoms with Crippen molar-refractivity contribution >= 4 is 19.8 Å². The van der Waals surface area contributed by atoms with Gasteiger partial charge in [-0.05, 0) is 70.6 Å². The summed E-state index contributed by atoms with van der Waals surface area (Å²) in [6.45, 7) is 4.31. The van der Waals surface area contributed by atoms with Crippen LogP contribution in [-0.4, -0.2) is 87.1 Å². The lowest BCUT2D eigenvalue weighted by Crippen LogP contribution is -2.37. The molecule has 11 heteroatoms. The fourth-order valence-electron chi connectivity index (χ4n) is 5.99. The zero-order valence-electron chi connectivity index (χ0n) is 35.6. The molecule has 0 aliphatic carbocycles. The van der Waals surface area contributed by atoms with Gasteiger partial charge in [0.1, 0.15) is 19.8 Å². The van der Waals surface area contributed by atoms with E-state index in [0.29, 0.717) is 29.7 Å². The third-order valence-electron chi connectivity index (χ3n) is 9.57. The number of carbonyl (C=O) groups excluding carboxylic acids is 2. The van der Waals surface area contributed by atoms with E-state index < -0.39 is 26.5 Å². The second kappa shape index (κ2) is 33.2. The maximum absolute atomic E-state index is 12.7. The number of allylic oxidation sites excluding steroid dienone is 5. The SMILES string of the molecule is CCCCC/C=C\C/C=C\CCCCCCCC(=O)OC[C@H](COP(=O)(O)OCC[N+](C)(C)C)OC(=O)CCCCCCCC1OC1C/C=C\CCCCC. The Morgan fingerprint density at radius 3 is 1.84 bits per heavy atom. The van der Waals surface area contributed by atoms with Crippen molar-refractivity contribution in [1.29, 1.82) is 0 Å². The molecule has 1 aliphatic heterocycles. The van der Waals surface area contributed by atoms with E-state index in [1.54, 1.807) is 0 Å². The first kappa shape index (κ1) is 51.2. The molecule has 1 fully saturated rings. The Morgan fingerprint density at radius 1 is 0.673 bits per heavy atom. The summed E-state index contributed by atoms with van der Waals surface area (Å²) < 4.78 is 40.1. The van der Waals surface area contributed by atoms with Crippen molar-refractivity contribution in [3.63, 3.8) is 0 Å². The molecule has 1 saturated heterocycles. The highest BCUT2D eigenvalue weighted by Crippen LogP contribution is 2.43. The normalized spacial score (nSPS) is 17.6. The summed E-state index contributed by atoms with van der Waals surface area (Å²) in [6.07, 6.45) is 37.7. The van der Waals surface area contributed by atoms with Crippen molar-refractivity contribution in [1.82, 2.24) is 0 Å². The fourth-order valence-corrected chi connectivity index (χ4v) is 6.73. The van der Waals surface area contributed by atoms with Crippen LogP contribution >= 0.6 is 7.82 Å². The van der Waals surface area contributed by atoms with Crippen molar-refractivity contribution in [3.8, 4) is 0 Å². The van der Waals surface area contributed by atoms with E-state index in [4.69, 9.17) is 23.3 Å². The van der Waals surface area contributed by atoms with Crippen molar-refractivity contribution < 1.29 is 46.8 Å². The summed E-state index contributed by atoms with van der Waals surface area (Å²) >= 11 is 0. The standard InChI is InChI=1S/C44H80NO9P/c1-6-8-10-12-14-15-16-17-18-19-20-21-22-26-30-34-43(46)50-38-40(39-52-55(48,49)51-37-36-45(3,4)5)53-44(47)35-31-27-23-25-29-33-42-41(54-42)32-28-24-13-11-9-7-2/h14-15,17-18,24,28,40-42H,6-13,16,19-23,25-27,29-39H2,1-5H3/p+1/b15-14-,18-17-,28-24-/t40-,41?,42?/m1/s1. The number of unbranched alkanes of at least 4 members (excludes halogenated alkanes) is 15. The predicted octanol–water partition coefficient (Wildman–Crippen LogP) is 11.1. The summed E-state index contributed by atoms with van der Waals surface area (Å²) in [5, 5.41) is 0. The second-order valence-electron chi connectivity index (χ2n) is 16.1. The van der Waals surface area contributed by atoms with Gasteiger partial charge in [0.15, 0.2) is 6.10 Å². The van der Waals surface area contributed by atoms with Crippen LogP contribution in [0.15, 0.2) is 36.5 Å². The molecule has 55 heavy (non-hydrogen) atoms. The number of hydrogen-bond donors (Lipinski definition) is 1. The lowest BCUT2D eigenvalue weighted by atomic mass is 10.1. The minimum absolute atomic E-state index is 0.0229. The average Bonchev–Trinajstić information content (AvgIpc) is 3.89. The van der Waals surface area contributed by atoms with E-state index in [-0.39, 0.29) is 32.0 Å². The number of quaternary nitrogens is 1. The molecular weight excluding hydrogens is 717 g/mol. The molecule has 0 aromatic carbocycles. The van der Waals surface area contributed by atoms with Gasteiger partial charge >= 0.3 is 19.8 Å². The summed E-state index contributed by atoms with van der Waals surface area (Å²) in [6, 6.07) is 0. The summed E-state index contributed by atoms with van der Waals surface area (Å²) in [7, 11) is 1.45. The minimum atomic E-state index is -4.39. The second-order valence-corrected chi connectivity index (χ2v) is 17.6. The lowest BCUT2D eigenvalue weighted by molar-refractivity contribution is -0.870. The number of hydrogen-bond acceptors (Lipinski definition) is 8. The van der Waals surface area contributed by atoms with Gasteiger partial charge in [0, 0.05) is 12.8 Å². The van der Waals surface area contributed by atoms with Crippen LogP contribution in [0.3, 0.4) is 0 Å². The van der Waals surface area contributed by atoms with Crippen LogP contribution in [-0.2, 0) is 37.4 Å². The molecule has 0 aromatic heterocycles. The van der Waals surface area contributed by atoms with Gasteiger partial charge in [0.05, 0.1) is 40.0 Å². The Balaban J connectivity index is 2.31. The van der Waals surface area contributed by atoms with E-state index >= 15 is 0 Å². The minimum Gasteiger partial charge on any atom is -0.462 e. The first-order valence-electron chi connectivity index (χ1n) is 21.8. The topological polar surface area (TPSA) is 121 Å². The Bertz CT molecular complexity index is 1100. The molecule has 3 unspecified atom stereocenters. The van der Waals surface area contributed by atoms with Crippen LogP contribution in [0.1, 0.15) is 168 Å². The van der Waals surface area contributed by atoms with Crippen LogP contribution in [0.4, 0.5) is 0 Å². The number of nitrogens with zero attached hydrogens (tertiary/aromatic N) is 1. The molecule has 0 amide bonds. The Morgan fingerprint density at radius 2 is 1.22 bits per heavy atom. The first-order valence-corrected chi connectivity index (χ1v) is 23.3. The number of phosphoric ester groups is 1. The molecule has 1 rings (SSSR count). The number of likely N-dealkylation sites (N-methyl/N-ethyl adjacent to an activating group) is 1. The van der Waals surface area contributed by atoms with Crippen molar-refractivity contribution in [2.75, 3.05) is 47.5 Å². The molecule has 320 valence electrons. The molecule has 1 heterocycles. The van der Waals surface area contributed by atoms with Gasteiger partial charge < -0.3 is 23.6 Å². The fraction of sp³-hybridized carbons (Fsp3) is 0.818. The number of ether oxygens (including phenoxy) is 3. The van der Waals surface area contributed by atoms with E-state index in [1.807, 2.05) is 21.1 Å². The maximum atomic E-state index is 12.7. The van der Waals surface area contributed by atoms with Crippen molar-refractivity contribution in [3.05, 3.63) is 36.5 Å².